The lowest BCUT2D eigenvalue weighted by Crippen LogP contribution is -2.44. The molecule has 1 aliphatic heterocycles. The molecule has 0 bridgehead atoms. The summed E-state index contributed by atoms with van der Waals surface area (Å²) in [4.78, 5) is 15.1. The molecule has 3 rings (SSSR count). The van der Waals surface area contributed by atoms with Gasteiger partial charge in [0.1, 0.15) is 5.82 Å². The number of fused-ring (bicyclic) bond motifs is 1. The number of nitrogens with one attached hydrogen (secondary N) is 3. The van der Waals surface area contributed by atoms with E-state index in [9.17, 15) is 0 Å². The minimum Gasteiger partial charge on any atom is -0.379 e. The summed E-state index contributed by atoms with van der Waals surface area (Å²) >= 11 is 0. The Morgan fingerprint density at radius 2 is 2.12 bits per heavy atom. The van der Waals surface area contributed by atoms with Crippen LogP contribution >= 0.6 is 0 Å². The van der Waals surface area contributed by atoms with Gasteiger partial charge in [-0.05, 0) is 25.5 Å². The molecular formula is C19H30N6O. The van der Waals surface area contributed by atoms with Crippen LogP contribution < -0.4 is 10.6 Å². The van der Waals surface area contributed by atoms with Crippen LogP contribution in [0.25, 0.3) is 11.0 Å². The average Bonchev–Trinajstić information content (AvgIpc) is 3.09. The fourth-order valence-corrected chi connectivity index (χ4v) is 3.06. The summed E-state index contributed by atoms with van der Waals surface area (Å²) in [6, 6.07) is 8.14. The van der Waals surface area contributed by atoms with Crippen LogP contribution in [-0.4, -0.2) is 73.3 Å². The van der Waals surface area contributed by atoms with E-state index >= 15 is 0 Å². The molecular weight excluding hydrogens is 328 g/mol. The molecule has 0 aliphatic carbocycles. The van der Waals surface area contributed by atoms with E-state index in [4.69, 9.17) is 4.74 Å². The molecule has 1 saturated heterocycles. The number of imidazole rings is 1. The van der Waals surface area contributed by atoms with Gasteiger partial charge >= 0.3 is 0 Å². The van der Waals surface area contributed by atoms with Crippen LogP contribution in [0.3, 0.4) is 0 Å². The Kier molecular flexibility index (Phi) is 7.27. The van der Waals surface area contributed by atoms with Crippen molar-refractivity contribution in [2.75, 3.05) is 52.5 Å². The van der Waals surface area contributed by atoms with E-state index in [1.165, 1.54) is 0 Å². The Bertz CT molecular complexity index is 659. The highest BCUT2D eigenvalue weighted by molar-refractivity contribution is 5.79. The number of rotatable bonds is 8. The van der Waals surface area contributed by atoms with Crippen molar-refractivity contribution in [1.82, 2.24) is 25.5 Å². The molecule has 2 heterocycles. The largest absolute Gasteiger partial charge is 0.379 e. The SMILES string of the molecule is CCNC(=NCCCc1nc2ccccc2[nH]1)NCCN1CCOCC1. The Labute approximate surface area is 155 Å². The molecule has 1 aromatic carbocycles. The molecule has 0 amide bonds. The number of hydrogen-bond donors (Lipinski definition) is 3. The van der Waals surface area contributed by atoms with Crippen molar-refractivity contribution in [2.24, 2.45) is 4.99 Å². The quantitative estimate of drug-likeness (QED) is 0.378. The van der Waals surface area contributed by atoms with Gasteiger partial charge in [0.05, 0.1) is 24.2 Å². The molecule has 2 aromatic rings. The fourth-order valence-electron chi connectivity index (χ4n) is 3.06. The predicted molar refractivity (Wildman–Crippen MR) is 106 cm³/mol. The van der Waals surface area contributed by atoms with Crippen molar-refractivity contribution in [1.29, 1.82) is 0 Å². The third kappa shape index (κ3) is 5.71. The van der Waals surface area contributed by atoms with Crippen LogP contribution in [-0.2, 0) is 11.2 Å². The first kappa shape index (κ1) is 18.7. The van der Waals surface area contributed by atoms with E-state index in [-0.39, 0.29) is 0 Å². The highest BCUT2D eigenvalue weighted by Crippen LogP contribution is 2.11. The maximum atomic E-state index is 5.38. The molecule has 0 unspecified atom stereocenters. The number of hydrogen-bond acceptors (Lipinski definition) is 4. The summed E-state index contributed by atoms with van der Waals surface area (Å²) in [5.74, 6) is 1.93. The van der Waals surface area contributed by atoms with E-state index in [0.29, 0.717) is 0 Å². The van der Waals surface area contributed by atoms with Crippen molar-refractivity contribution in [3.05, 3.63) is 30.1 Å². The summed E-state index contributed by atoms with van der Waals surface area (Å²) in [5.41, 5.74) is 2.13. The first-order valence-electron chi connectivity index (χ1n) is 9.61. The van der Waals surface area contributed by atoms with E-state index < -0.39 is 0 Å². The lowest BCUT2D eigenvalue weighted by molar-refractivity contribution is 0.0389. The van der Waals surface area contributed by atoms with Gasteiger partial charge in [0, 0.05) is 45.7 Å². The zero-order chi connectivity index (χ0) is 18.0. The Morgan fingerprint density at radius 3 is 2.92 bits per heavy atom. The van der Waals surface area contributed by atoms with Crippen LogP contribution in [0.1, 0.15) is 19.2 Å². The van der Waals surface area contributed by atoms with Gasteiger partial charge in [0.25, 0.3) is 0 Å². The number of nitrogens with zero attached hydrogens (tertiary/aromatic N) is 3. The zero-order valence-electron chi connectivity index (χ0n) is 15.6. The van der Waals surface area contributed by atoms with Crippen LogP contribution in [0.4, 0.5) is 0 Å². The monoisotopic (exact) mass is 358 g/mol. The number of ether oxygens (including phenoxy) is 1. The molecule has 1 fully saturated rings. The second-order valence-corrected chi connectivity index (χ2v) is 6.45. The molecule has 7 heteroatoms. The molecule has 142 valence electrons. The predicted octanol–water partition coefficient (Wildman–Crippen LogP) is 1.38. The first-order chi connectivity index (χ1) is 12.8. The van der Waals surface area contributed by atoms with Crippen LogP contribution in [0.2, 0.25) is 0 Å². The van der Waals surface area contributed by atoms with Crippen LogP contribution in [0.5, 0.6) is 0 Å². The standard InChI is InChI=1S/C19H30N6O/c1-2-20-19(22-10-11-25-12-14-26-15-13-25)21-9-5-8-18-23-16-6-3-4-7-17(16)24-18/h3-4,6-7H,2,5,8-15H2,1H3,(H,23,24)(H2,20,21,22). The Morgan fingerprint density at radius 1 is 1.27 bits per heavy atom. The highest BCUT2D eigenvalue weighted by atomic mass is 16.5. The second kappa shape index (κ2) is 10.1. The molecule has 0 saturated carbocycles. The van der Waals surface area contributed by atoms with Crippen molar-refractivity contribution in [2.45, 2.75) is 19.8 Å². The first-order valence-corrected chi connectivity index (χ1v) is 9.61. The van der Waals surface area contributed by atoms with Gasteiger partial charge in [-0.15, -0.1) is 0 Å². The molecule has 7 nitrogen and oxygen atoms in total. The van der Waals surface area contributed by atoms with E-state index in [2.05, 4.69) is 43.5 Å². The number of benzene rings is 1. The fraction of sp³-hybridized carbons (Fsp3) is 0.579. The number of aliphatic imine (C=N–C) groups is 1. The number of morpholine rings is 1. The molecule has 26 heavy (non-hydrogen) atoms. The molecule has 0 radical (unpaired) electrons. The van der Waals surface area contributed by atoms with Gasteiger partial charge < -0.3 is 20.4 Å². The average molecular weight is 358 g/mol. The summed E-state index contributed by atoms with van der Waals surface area (Å²) in [5, 5.41) is 6.73. The van der Waals surface area contributed by atoms with Crippen molar-refractivity contribution < 1.29 is 4.74 Å². The number of guanidine groups is 1. The number of para-hydroxylation sites is 2. The number of H-pyrrole nitrogens is 1. The smallest absolute Gasteiger partial charge is 0.191 e. The minimum absolute atomic E-state index is 0.782. The molecule has 1 aromatic heterocycles. The van der Waals surface area contributed by atoms with Crippen LogP contribution in [0, 0.1) is 0 Å². The zero-order valence-corrected chi connectivity index (χ0v) is 15.6. The molecule has 1 aliphatic rings. The van der Waals surface area contributed by atoms with Crippen LogP contribution in [0.15, 0.2) is 29.3 Å². The molecule has 0 atom stereocenters. The van der Waals surface area contributed by atoms with Gasteiger partial charge in [0.2, 0.25) is 0 Å². The van der Waals surface area contributed by atoms with E-state index in [0.717, 1.165) is 88.1 Å². The summed E-state index contributed by atoms with van der Waals surface area (Å²) in [6.07, 6.45) is 1.88. The Balaban J connectivity index is 1.40. The molecule has 0 spiro atoms. The lowest BCUT2D eigenvalue weighted by Gasteiger charge is -2.26. The number of aryl methyl sites for hydroxylation is 1. The topological polar surface area (TPSA) is 77.6 Å². The van der Waals surface area contributed by atoms with Crippen molar-refractivity contribution in [3.8, 4) is 0 Å². The minimum atomic E-state index is 0.782. The van der Waals surface area contributed by atoms with Crippen molar-refractivity contribution >= 4 is 17.0 Å². The van der Waals surface area contributed by atoms with Gasteiger partial charge in [-0.25, -0.2) is 4.98 Å². The van der Waals surface area contributed by atoms with Gasteiger partial charge in [-0.2, -0.15) is 0 Å². The van der Waals surface area contributed by atoms with Crippen molar-refractivity contribution in [3.63, 3.8) is 0 Å². The Hall–Kier alpha value is -2.12. The summed E-state index contributed by atoms with van der Waals surface area (Å²) < 4.78 is 5.38. The number of aromatic nitrogens is 2. The maximum absolute atomic E-state index is 5.38. The molecule has 3 N–H and O–H groups in total. The maximum Gasteiger partial charge on any atom is 0.191 e. The third-order valence-corrected chi connectivity index (χ3v) is 4.45. The number of aromatic amines is 1. The third-order valence-electron chi connectivity index (χ3n) is 4.45. The summed E-state index contributed by atoms with van der Waals surface area (Å²) in [7, 11) is 0. The van der Waals surface area contributed by atoms with Gasteiger partial charge in [0.15, 0.2) is 5.96 Å². The highest BCUT2D eigenvalue weighted by Gasteiger charge is 2.09. The van der Waals surface area contributed by atoms with E-state index in [1.54, 1.807) is 0 Å². The van der Waals surface area contributed by atoms with Gasteiger partial charge in [-0.3, -0.25) is 9.89 Å². The normalized spacial score (nSPS) is 16.1. The second-order valence-electron chi connectivity index (χ2n) is 6.45. The summed E-state index contributed by atoms with van der Waals surface area (Å²) in [6.45, 7) is 9.39. The lowest BCUT2D eigenvalue weighted by atomic mass is 10.3. The van der Waals surface area contributed by atoms with Gasteiger partial charge in [-0.1, -0.05) is 12.1 Å². The van der Waals surface area contributed by atoms with E-state index in [1.807, 2.05) is 18.2 Å².